The molecule has 0 aromatic carbocycles. The topological polar surface area (TPSA) is 164 Å². The Morgan fingerprint density at radius 1 is 0.513 bits per heavy atom. The molecule has 1 rings (SSSR count). The fourth-order valence-electron chi connectivity index (χ4n) is 1.98. The Balaban J connectivity index is 0. The van der Waals surface area contributed by atoms with E-state index in [0.29, 0.717) is 0 Å². The highest BCUT2D eigenvalue weighted by atomic mass is 32.3. The van der Waals surface area contributed by atoms with E-state index in [1.807, 2.05) is 0 Å². The summed E-state index contributed by atoms with van der Waals surface area (Å²) in [6.07, 6.45) is 5.64. The summed E-state index contributed by atoms with van der Waals surface area (Å²) in [4.78, 5) is 2.57. The number of likely N-dealkylation sites (tertiary alicyclic amines) is 1. The monoisotopic (exact) mass is 689 g/mol. The van der Waals surface area contributed by atoms with Crippen molar-refractivity contribution < 1.29 is 86.4 Å². The Hall–Kier alpha value is -1.16. The molecule has 0 amide bonds. The second-order valence-electron chi connectivity index (χ2n) is 6.87. The smallest absolute Gasteiger partial charge is 0.303 e. The van der Waals surface area contributed by atoms with Crippen LogP contribution in [0.1, 0.15) is 32.6 Å². The fourth-order valence-corrected chi connectivity index (χ4v) is 5.80. The van der Waals surface area contributed by atoms with Gasteiger partial charge in [-0.05, 0) is 38.9 Å². The lowest BCUT2D eigenvalue weighted by molar-refractivity contribution is -0.0487. The molecule has 11 nitrogen and oxygen atoms in total. The van der Waals surface area contributed by atoms with E-state index in [1.165, 1.54) is 45.3 Å². The zero-order chi connectivity index (χ0) is 31.9. The molecule has 39 heavy (non-hydrogen) atoms. The molecule has 0 spiro atoms. The van der Waals surface area contributed by atoms with E-state index in [-0.39, 0.29) is 0 Å². The first kappa shape index (κ1) is 40.0. The van der Waals surface area contributed by atoms with Crippen molar-refractivity contribution in [2.45, 2.75) is 54.6 Å². The van der Waals surface area contributed by atoms with Crippen LogP contribution in [-0.2, 0) is 40.1 Å². The van der Waals surface area contributed by atoms with Gasteiger partial charge in [0.1, 0.15) is 0 Å². The van der Waals surface area contributed by atoms with Gasteiger partial charge in [0, 0.05) is 0 Å². The number of halogens is 12. The summed E-state index contributed by atoms with van der Waals surface area (Å²) in [6.45, 7) is 6.29. The van der Waals surface area contributed by atoms with Crippen LogP contribution >= 0.6 is 0 Å². The van der Waals surface area contributed by atoms with Crippen molar-refractivity contribution in [1.82, 2.24) is 13.2 Å². The second-order valence-corrected chi connectivity index (χ2v) is 14.1. The molecule has 0 aliphatic carbocycles. The molecular weight excluding hydrogens is 670 g/mol. The van der Waals surface area contributed by atoms with Gasteiger partial charge in [-0.2, -0.15) is 52.7 Å². The summed E-state index contributed by atoms with van der Waals surface area (Å²) in [5.41, 5.74) is -24.6. The largest absolute Gasteiger partial charge is 0.512 e. The number of nitrogens with one attached hydrogen (secondary N) is 2. The molecule has 27 heteroatoms. The minimum Gasteiger partial charge on any atom is -0.303 e. The normalized spacial score (nSPS) is 16.9. The molecule has 1 aliphatic rings. The molecule has 0 bridgehead atoms. The maximum absolute atomic E-state index is 11.5. The third-order valence-electron chi connectivity index (χ3n) is 3.65. The predicted molar refractivity (Wildman–Crippen MR) is 107 cm³/mol. The van der Waals surface area contributed by atoms with Crippen molar-refractivity contribution in [3.05, 3.63) is 0 Å². The van der Waals surface area contributed by atoms with Crippen LogP contribution in [0.2, 0.25) is 0 Å². The van der Waals surface area contributed by atoms with Crippen LogP contribution in [0.4, 0.5) is 52.7 Å². The Kier molecular flexibility index (Phi) is 14.0. The van der Waals surface area contributed by atoms with Gasteiger partial charge < -0.3 is 4.90 Å². The van der Waals surface area contributed by atoms with Gasteiger partial charge in [-0.15, -0.1) is 0 Å². The summed E-state index contributed by atoms with van der Waals surface area (Å²) in [6, 6.07) is 0. The molecule has 0 saturated carbocycles. The number of nitrogens with zero attached hydrogens (tertiary/aromatic N) is 1. The van der Waals surface area contributed by atoms with Crippen LogP contribution in [-0.4, -0.2) is 80.2 Å². The lowest BCUT2D eigenvalue weighted by Crippen LogP contribution is -2.45. The standard InChI is InChI=1S/C8H17N.2C2HF6NO4S2/c1-2-6-9-7-4-3-5-8-9;2*3-1(4,5)14(10,11)9-15(12,13)2(6,7)8/h2-8H2,1H3;2*9H. The maximum atomic E-state index is 11.5. The highest BCUT2D eigenvalue weighted by molar-refractivity contribution is 8.06. The lowest BCUT2D eigenvalue weighted by Gasteiger charge is -2.25. The van der Waals surface area contributed by atoms with E-state index in [0.717, 1.165) is 0 Å². The number of rotatable bonds is 6. The molecule has 1 aliphatic heterocycles. The quantitative estimate of drug-likeness (QED) is 0.399. The van der Waals surface area contributed by atoms with E-state index in [2.05, 4.69) is 11.8 Å². The van der Waals surface area contributed by atoms with E-state index in [1.54, 1.807) is 0 Å². The van der Waals surface area contributed by atoms with Crippen molar-refractivity contribution >= 4 is 40.1 Å². The van der Waals surface area contributed by atoms with Gasteiger partial charge in [-0.1, -0.05) is 21.6 Å². The Morgan fingerprint density at radius 2 is 0.744 bits per heavy atom. The van der Waals surface area contributed by atoms with E-state index in [9.17, 15) is 86.4 Å². The molecule has 0 unspecified atom stereocenters. The van der Waals surface area contributed by atoms with Crippen LogP contribution in [0.3, 0.4) is 0 Å². The van der Waals surface area contributed by atoms with Crippen molar-refractivity contribution in [3.63, 3.8) is 0 Å². The minimum atomic E-state index is -6.60. The molecule has 0 aromatic rings. The zero-order valence-corrected chi connectivity index (χ0v) is 22.1. The maximum Gasteiger partial charge on any atom is 0.512 e. The molecule has 0 atom stereocenters. The van der Waals surface area contributed by atoms with E-state index in [4.69, 9.17) is 0 Å². The first-order chi connectivity index (χ1) is 16.8. The van der Waals surface area contributed by atoms with Crippen molar-refractivity contribution in [1.29, 1.82) is 0 Å². The van der Waals surface area contributed by atoms with Crippen LogP contribution in [0.5, 0.6) is 0 Å². The summed E-state index contributed by atoms with van der Waals surface area (Å²) in [5.74, 6) is 0. The van der Waals surface area contributed by atoms with E-state index >= 15 is 0 Å². The van der Waals surface area contributed by atoms with Gasteiger partial charge >= 0.3 is 62.1 Å². The van der Waals surface area contributed by atoms with Gasteiger partial charge in [0.25, 0.3) is 0 Å². The number of sulfonamides is 4. The molecule has 1 heterocycles. The van der Waals surface area contributed by atoms with Crippen molar-refractivity contribution in [2.24, 2.45) is 0 Å². The van der Waals surface area contributed by atoms with Gasteiger partial charge in [0.15, 0.2) is 0 Å². The Labute approximate surface area is 214 Å². The molecule has 0 aromatic heterocycles. The third-order valence-corrected chi connectivity index (χ3v) is 9.59. The first-order valence-electron chi connectivity index (χ1n) is 9.39. The number of hydrogen-bond donors (Lipinski definition) is 2. The molecule has 2 N–H and O–H groups in total. The molecule has 1 fully saturated rings. The lowest BCUT2D eigenvalue weighted by atomic mass is 10.1. The summed E-state index contributed by atoms with van der Waals surface area (Å²) in [5, 5.41) is 0. The summed E-state index contributed by atoms with van der Waals surface area (Å²) < 4.78 is 217. The van der Waals surface area contributed by atoms with Crippen LogP contribution in [0.15, 0.2) is 0 Å². The summed E-state index contributed by atoms with van der Waals surface area (Å²) in [7, 11) is -26.4. The fraction of sp³-hybridized carbons (Fsp3) is 1.00. The second kappa shape index (κ2) is 13.7. The first-order valence-corrected chi connectivity index (χ1v) is 15.3. The number of piperidine rings is 1. The number of hydrogen-bond acceptors (Lipinski definition) is 9. The van der Waals surface area contributed by atoms with Gasteiger partial charge in [0.05, 0.1) is 0 Å². The van der Waals surface area contributed by atoms with Crippen molar-refractivity contribution in [3.8, 4) is 0 Å². The summed E-state index contributed by atoms with van der Waals surface area (Å²) >= 11 is 0. The van der Waals surface area contributed by atoms with Crippen LogP contribution in [0, 0.1) is 0 Å². The molecule has 238 valence electrons. The average Bonchev–Trinajstić information content (AvgIpc) is 2.65. The van der Waals surface area contributed by atoms with Gasteiger partial charge in [-0.25, -0.2) is 33.7 Å². The molecular formula is C12H19F12N3O8S4. The zero-order valence-electron chi connectivity index (χ0n) is 18.8. The average molecular weight is 690 g/mol. The Morgan fingerprint density at radius 3 is 0.923 bits per heavy atom. The van der Waals surface area contributed by atoms with Gasteiger partial charge in [0.2, 0.25) is 0 Å². The van der Waals surface area contributed by atoms with Crippen molar-refractivity contribution in [2.75, 3.05) is 19.6 Å². The Bertz CT molecular complexity index is 1030. The highest BCUT2D eigenvalue weighted by Gasteiger charge is 2.56. The molecule has 0 radical (unpaired) electrons. The highest BCUT2D eigenvalue weighted by Crippen LogP contribution is 2.28. The molecule has 1 saturated heterocycles. The van der Waals surface area contributed by atoms with Crippen LogP contribution in [0.25, 0.3) is 0 Å². The predicted octanol–water partition coefficient (Wildman–Crippen LogP) is 2.43. The van der Waals surface area contributed by atoms with Gasteiger partial charge in [-0.3, -0.25) is 0 Å². The van der Waals surface area contributed by atoms with E-state index < -0.39 is 70.4 Å². The minimum absolute atomic E-state index is 0.493. The van der Waals surface area contributed by atoms with Crippen LogP contribution < -0.4 is 8.25 Å². The third kappa shape index (κ3) is 13.4. The number of alkyl halides is 12. The SMILES string of the molecule is CCCN1CCCCC1.O=S(=O)(NS(=O)(=O)C(F)(F)F)C(F)(F)F.O=S(=O)(NS(=O)(=O)C(F)(F)F)C(F)(F)F.